The third kappa shape index (κ3) is 2.96. The molecule has 4 nitrogen and oxygen atoms in total. The van der Waals surface area contributed by atoms with E-state index < -0.39 is 0 Å². The molecule has 0 atom stereocenters. The Labute approximate surface area is 119 Å². The van der Waals surface area contributed by atoms with Gasteiger partial charge in [0.1, 0.15) is 11.6 Å². The number of ether oxygens (including phenoxy) is 1. The lowest BCUT2D eigenvalue weighted by Gasteiger charge is -2.13. The van der Waals surface area contributed by atoms with E-state index in [4.69, 9.17) is 15.9 Å². The van der Waals surface area contributed by atoms with Crippen LogP contribution in [0.25, 0.3) is 0 Å². The van der Waals surface area contributed by atoms with Crippen LogP contribution in [0.4, 0.5) is 0 Å². The third-order valence-electron chi connectivity index (χ3n) is 3.14. The predicted molar refractivity (Wildman–Crippen MR) is 80.6 cm³/mol. The van der Waals surface area contributed by atoms with Crippen LogP contribution in [0.5, 0.6) is 11.6 Å². The molecule has 2 rings (SSSR count). The molecule has 0 aliphatic heterocycles. The van der Waals surface area contributed by atoms with E-state index in [1.807, 2.05) is 12.1 Å². The first-order valence-electron chi connectivity index (χ1n) is 6.57. The van der Waals surface area contributed by atoms with E-state index in [1.54, 1.807) is 18.3 Å². The molecule has 0 amide bonds. The number of hydrogen-bond acceptors (Lipinski definition) is 3. The van der Waals surface area contributed by atoms with Crippen molar-refractivity contribution in [2.45, 2.75) is 26.7 Å². The van der Waals surface area contributed by atoms with Crippen LogP contribution in [0.15, 0.2) is 36.5 Å². The number of rotatable bonds is 4. The van der Waals surface area contributed by atoms with Crippen LogP contribution in [0.2, 0.25) is 0 Å². The molecular weight excluding hydrogens is 250 g/mol. The minimum Gasteiger partial charge on any atom is -0.438 e. The molecule has 0 bridgehead atoms. The first-order valence-corrected chi connectivity index (χ1v) is 6.57. The standard InChI is InChI=1S/C16H19N3O/c1-10(2)13-7-6-12(9-11(13)3)20-16-14(15(17)18)5-4-8-19-16/h4-10H,1-3H3,(H3,17,18). The zero-order valence-corrected chi connectivity index (χ0v) is 12.0. The molecule has 0 saturated heterocycles. The molecule has 0 spiro atoms. The maximum atomic E-state index is 7.53. The summed E-state index contributed by atoms with van der Waals surface area (Å²) in [4.78, 5) is 4.14. The van der Waals surface area contributed by atoms with Gasteiger partial charge in [-0.2, -0.15) is 0 Å². The van der Waals surface area contributed by atoms with E-state index in [2.05, 4.69) is 31.8 Å². The van der Waals surface area contributed by atoms with Crippen molar-refractivity contribution in [3.05, 3.63) is 53.2 Å². The Kier molecular flexibility index (Phi) is 4.03. The molecule has 0 unspecified atom stereocenters. The number of pyridine rings is 1. The number of amidine groups is 1. The van der Waals surface area contributed by atoms with E-state index in [0.717, 1.165) is 0 Å². The van der Waals surface area contributed by atoms with Gasteiger partial charge in [-0.1, -0.05) is 19.9 Å². The van der Waals surface area contributed by atoms with Crippen LogP contribution >= 0.6 is 0 Å². The summed E-state index contributed by atoms with van der Waals surface area (Å²) in [6.07, 6.45) is 1.62. The van der Waals surface area contributed by atoms with E-state index in [-0.39, 0.29) is 5.84 Å². The summed E-state index contributed by atoms with van der Waals surface area (Å²) in [5, 5.41) is 7.53. The highest BCUT2D eigenvalue weighted by molar-refractivity contribution is 5.97. The largest absolute Gasteiger partial charge is 0.438 e. The molecule has 0 aliphatic carbocycles. The van der Waals surface area contributed by atoms with Crippen molar-refractivity contribution in [2.24, 2.45) is 5.73 Å². The van der Waals surface area contributed by atoms with Gasteiger partial charge in [0.25, 0.3) is 0 Å². The number of nitrogens with two attached hydrogens (primary N) is 1. The van der Waals surface area contributed by atoms with Gasteiger partial charge in [-0.15, -0.1) is 0 Å². The zero-order chi connectivity index (χ0) is 14.7. The smallest absolute Gasteiger partial charge is 0.230 e. The lowest BCUT2D eigenvalue weighted by molar-refractivity contribution is 0.461. The number of aryl methyl sites for hydroxylation is 1. The Bertz CT molecular complexity index is 635. The van der Waals surface area contributed by atoms with Crippen molar-refractivity contribution in [1.29, 1.82) is 5.41 Å². The van der Waals surface area contributed by atoms with Gasteiger partial charge in [0.2, 0.25) is 5.88 Å². The second-order valence-corrected chi connectivity index (χ2v) is 5.04. The third-order valence-corrected chi connectivity index (χ3v) is 3.14. The van der Waals surface area contributed by atoms with Crippen molar-refractivity contribution in [3.63, 3.8) is 0 Å². The van der Waals surface area contributed by atoms with Crippen molar-refractivity contribution < 1.29 is 4.74 Å². The van der Waals surface area contributed by atoms with Gasteiger partial charge in [0.05, 0.1) is 5.56 Å². The molecule has 20 heavy (non-hydrogen) atoms. The summed E-state index contributed by atoms with van der Waals surface area (Å²) in [6.45, 7) is 6.39. The summed E-state index contributed by atoms with van der Waals surface area (Å²) in [6, 6.07) is 9.41. The van der Waals surface area contributed by atoms with Crippen LogP contribution in [0.1, 0.15) is 36.5 Å². The predicted octanol–water partition coefficient (Wildman–Crippen LogP) is 3.59. The average molecular weight is 269 g/mol. The van der Waals surface area contributed by atoms with Crippen molar-refractivity contribution in [2.75, 3.05) is 0 Å². The monoisotopic (exact) mass is 269 g/mol. The molecule has 2 aromatic rings. The van der Waals surface area contributed by atoms with E-state index in [9.17, 15) is 0 Å². The number of nitrogen functional groups attached to an aromatic ring is 1. The van der Waals surface area contributed by atoms with Crippen LogP contribution in [0.3, 0.4) is 0 Å². The molecule has 1 aromatic carbocycles. The van der Waals surface area contributed by atoms with Gasteiger partial charge >= 0.3 is 0 Å². The number of nitrogens with one attached hydrogen (secondary N) is 1. The van der Waals surface area contributed by atoms with Crippen molar-refractivity contribution in [1.82, 2.24) is 4.98 Å². The maximum absolute atomic E-state index is 7.53. The fourth-order valence-corrected chi connectivity index (χ4v) is 2.15. The molecule has 1 aromatic heterocycles. The van der Waals surface area contributed by atoms with E-state index in [0.29, 0.717) is 23.1 Å². The Morgan fingerprint density at radius 3 is 2.65 bits per heavy atom. The van der Waals surface area contributed by atoms with E-state index in [1.165, 1.54) is 11.1 Å². The highest BCUT2D eigenvalue weighted by atomic mass is 16.5. The molecule has 0 aliphatic rings. The highest BCUT2D eigenvalue weighted by Crippen LogP contribution is 2.27. The SMILES string of the molecule is Cc1cc(Oc2ncccc2C(=N)N)ccc1C(C)C. The quantitative estimate of drug-likeness (QED) is 0.658. The normalized spacial score (nSPS) is 10.6. The second-order valence-electron chi connectivity index (χ2n) is 5.04. The first kappa shape index (κ1) is 14.1. The average Bonchev–Trinajstić information content (AvgIpc) is 2.38. The number of aromatic nitrogens is 1. The van der Waals surface area contributed by atoms with Crippen molar-refractivity contribution >= 4 is 5.84 Å². The molecule has 0 saturated carbocycles. The van der Waals surface area contributed by atoms with Gasteiger partial charge in [-0.05, 0) is 48.2 Å². The Hall–Kier alpha value is -2.36. The lowest BCUT2D eigenvalue weighted by Crippen LogP contribution is -2.12. The Balaban J connectivity index is 2.31. The molecular formula is C16H19N3O. The molecule has 3 N–H and O–H groups in total. The van der Waals surface area contributed by atoms with Crippen LogP contribution in [-0.4, -0.2) is 10.8 Å². The molecule has 1 heterocycles. The first-order chi connectivity index (χ1) is 9.49. The number of nitrogens with zero attached hydrogens (tertiary/aromatic N) is 1. The summed E-state index contributed by atoms with van der Waals surface area (Å²) in [7, 11) is 0. The van der Waals surface area contributed by atoms with Crippen LogP contribution in [-0.2, 0) is 0 Å². The van der Waals surface area contributed by atoms with Gasteiger partial charge in [-0.3, -0.25) is 5.41 Å². The van der Waals surface area contributed by atoms with Crippen LogP contribution < -0.4 is 10.5 Å². The summed E-state index contributed by atoms with van der Waals surface area (Å²) >= 11 is 0. The Morgan fingerprint density at radius 1 is 1.30 bits per heavy atom. The van der Waals surface area contributed by atoms with Gasteiger partial charge in [-0.25, -0.2) is 4.98 Å². The van der Waals surface area contributed by atoms with E-state index >= 15 is 0 Å². The summed E-state index contributed by atoms with van der Waals surface area (Å²) < 4.78 is 5.75. The molecule has 4 heteroatoms. The van der Waals surface area contributed by atoms with Gasteiger partial charge in [0, 0.05) is 6.20 Å². The minimum absolute atomic E-state index is 0.0522. The molecule has 0 fully saturated rings. The van der Waals surface area contributed by atoms with Crippen molar-refractivity contribution in [3.8, 4) is 11.6 Å². The number of hydrogen-bond donors (Lipinski definition) is 2. The zero-order valence-electron chi connectivity index (χ0n) is 12.0. The summed E-state index contributed by atoms with van der Waals surface area (Å²) in [5.41, 5.74) is 8.50. The Morgan fingerprint density at radius 2 is 2.05 bits per heavy atom. The topological polar surface area (TPSA) is 72.0 Å². The molecule has 104 valence electrons. The van der Waals surface area contributed by atoms with Crippen LogP contribution in [0, 0.1) is 12.3 Å². The van der Waals surface area contributed by atoms with Gasteiger partial charge in [0.15, 0.2) is 0 Å². The second kappa shape index (κ2) is 5.74. The lowest BCUT2D eigenvalue weighted by atomic mass is 9.98. The fraction of sp³-hybridized carbons (Fsp3) is 0.250. The highest BCUT2D eigenvalue weighted by Gasteiger charge is 2.10. The summed E-state index contributed by atoms with van der Waals surface area (Å²) in [5.74, 6) is 1.49. The molecule has 0 radical (unpaired) electrons. The maximum Gasteiger partial charge on any atom is 0.230 e. The fourth-order valence-electron chi connectivity index (χ4n) is 2.15. The number of benzene rings is 1. The van der Waals surface area contributed by atoms with Gasteiger partial charge < -0.3 is 10.5 Å². The minimum atomic E-state index is -0.0522.